The molecule has 0 atom stereocenters. The van der Waals surface area contributed by atoms with E-state index in [-0.39, 0.29) is 5.91 Å². The summed E-state index contributed by atoms with van der Waals surface area (Å²) in [5.41, 5.74) is 7.14. The summed E-state index contributed by atoms with van der Waals surface area (Å²) in [6.45, 7) is 0.370. The van der Waals surface area contributed by atoms with Crippen LogP contribution in [0.15, 0.2) is 22.9 Å². The highest BCUT2D eigenvalue weighted by Gasteiger charge is 2.27. The SMILES string of the molecule is Nc1[nH]ncc1CNC(=O)c1cc(Br)cn1C1CC1. The summed E-state index contributed by atoms with van der Waals surface area (Å²) < 4.78 is 2.95. The highest BCUT2D eigenvalue weighted by Crippen LogP contribution is 2.37. The van der Waals surface area contributed by atoms with E-state index >= 15 is 0 Å². The van der Waals surface area contributed by atoms with Crippen LogP contribution < -0.4 is 11.1 Å². The van der Waals surface area contributed by atoms with E-state index in [4.69, 9.17) is 5.73 Å². The van der Waals surface area contributed by atoms with Gasteiger partial charge < -0.3 is 15.6 Å². The molecule has 0 spiro atoms. The van der Waals surface area contributed by atoms with Gasteiger partial charge in [0.15, 0.2) is 0 Å². The molecule has 0 radical (unpaired) electrons. The predicted octanol–water partition coefficient (Wildman–Crippen LogP) is 1.82. The highest BCUT2D eigenvalue weighted by molar-refractivity contribution is 9.10. The number of hydrogen-bond acceptors (Lipinski definition) is 3. The molecule has 7 heteroatoms. The van der Waals surface area contributed by atoms with E-state index in [9.17, 15) is 4.79 Å². The normalized spacial score (nSPS) is 14.6. The van der Waals surface area contributed by atoms with Crippen molar-refractivity contribution in [2.75, 3.05) is 5.73 Å². The molecule has 2 heterocycles. The molecule has 0 saturated heterocycles. The van der Waals surface area contributed by atoms with Gasteiger partial charge in [-0.05, 0) is 34.8 Å². The number of carbonyl (C=O) groups is 1. The maximum atomic E-state index is 12.2. The fourth-order valence-corrected chi connectivity index (χ4v) is 2.45. The van der Waals surface area contributed by atoms with Crippen molar-refractivity contribution >= 4 is 27.7 Å². The zero-order valence-electron chi connectivity index (χ0n) is 10.2. The lowest BCUT2D eigenvalue weighted by Crippen LogP contribution is -2.25. The predicted molar refractivity (Wildman–Crippen MR) is 74.6 cm³/mol. The Labute approximate surface area is 118 Å². The quantitative estimate of drug-likeness (QED) is 0.801. The molecule has 100 valence electrons. The largest absolute Gasteiger partial charge is 0.384 e. The van der Waals surface area contributed by atoms with E-state index in [0.717, 1.165) is 22.9 Å². The van der Waals surface area contributed by atoms with Crippen LogP contribution in [0.1, 0.15) is 34.9 Å². The van der Waals surface area contributed by atoms with Crippen LogP contribution in [0.5, 0.6) is 0 Å². The average Bonchev–Trinajstić information content (AvgIpc) is 3.04. The van der Waals surface area contributed by atoms with Gasteiger partial charge in [0.1, 0.15) is 11.5 Å². The number of carbonyl (C=O) groups excluding carboxylic acids is 1. The second-order valence-corrected chi connectivity index (χ2v) is 5.59. The van der Waals surface area contributed by atoms with Crippen molar-refractivity contribution < 1.29 is 4.79 Å². The van der Waals surface area contributed by atoms with E-state index in [1.807, 2.05) is 16.8 Å². The Morgan fingerprint density at radius 1 is 1.63 bits per heavy atom. The van der Waals surface area contributed by atoms with E-state index in [1.54, 1.807) is 6.20 Å². The molecule has 1 aliphatic carbocycles. The number of rotatable bonds is 4. The highest BCUT2D eigenvalue weighted by atomic mass is 79.9. The Kier molecular flexibility index (Phi) is 3.06. The van der Waals surface area contributed by atoms with Crippen LogP contribution in [-0.4, -0.2) is 20.7 Å². The van der Waals surface area contributed by atoms with Crippen LogP contribution in [0.3, 0.4) is 0 Å². The van der Waals surface area contributed by atoms with E-state index in [1.165, 1.54) is 0 Å². The van der Waals surface area contributed by atoms with Crippen molar-refractivity contribution in [1.82, 2.24) is 20.1 Å². The molecule has 6 nitrogen and oxygen atoms in total. The minimum absolute atomic E-state index is 0.0989. The van der Waals surface area contributed by atoms with Crippen LogP contribution >= 0.6 is 15.9 Å². The van der Waals surface area contributed by atoms with Gasteiger partial charge in [-0.2, -0.15) is 5.10 Å². The van der Waals surface area contributed by atoms with Crippen molar-refractivity contribution in [1.29, 1.82) is 0 Å². The summed E-state index contributed by atoms with van der Waals surface area (Å²) >= 11 is 3.41. The zero-order valence-corrected chi connectivity index (χ0v) is 11.8. The zero-order chi connectivity index (χ0) is 13.4. The number of aromatic amines is 1. The molecular formula is C12H14BrN5O. The Hall–Kier alpha value is -1.76. The lowest BCUT2D eigenvalue weighted by atomic mass is 10.3. The van der Waals surface area contributed by atoms with Gasteiger partial charge in [0.2, 0.25) is 0 Å². The first kappa shape index (κ1) is 12.3. The van der Waals surface area contributed by atoms with Crippen molar-refractivity contribution in [3.63, 3.8) is 0 Å². The van der Waals surface area contributed by atoms with Gasteiger partial charge in [0, 0.05) is 28.8 Å². The number of aromatic nitrogens is 3. The van der Waals surface area contributed by atoms with Gasteiger partial charge in [-0.3, -0.25) is 9.89 Å². The van der Waals surface area contributed by atoms with Gasteiger partial charge in [-0.1, -0.05) is 0 Å². The van der Waals surface area contributed by atoms with Crippen LogP contribution in [0, 0.1) is 0 Å². The topological polar surface area (TPSA) is 88.7 Å². The van der Waals surface area contributed by atoms with Crippen molar-refractivity contribution in [3.8, 4) is 0 Å². The Balaban J connectivity index is 1.72. The lowest BCUT2D eigenvalue weighted by Gasteiger charge is -2.08. The molecule has 2 aromatic rings. The first-order valence-electron chi connectivity index (χ1n) is 6.08. The summed E-state index contributed by atoms with van der Waals surface area (Å²) in [6, 6.07) is 2.30. The maximum absolute atomic E-state index is 12.2. The number of H-pyrrole nitrogens is 1. The van der Waals surface area contributed by atoms with Gasteiger partial charge >= 0.3 is 0 Å². The summed E-state index contributed by atoms with van der Waals surface area (Å²) in [5, 5.41) is 9.32. The van der Waals surface area contributed by atoms with Gasteiger partial charge in [0.25, 0.3) is 5.91 Å². The number of nitrogen functional groups attached to an aromatic ring is 1. The molecule has 0 aliphatic heterocycles. The number of hydrogen-bond donors (Lipinski definition) is 3. The van der Waals surface area contributed by atoms with Crippen LogP contribution in [-0.2, 0) is 6.54 Å². The number of halogens is 1. The van der Waals surface area contributed by atoms with E-state index in [0.29, 0.717) is 24.1 Å². The fraction of sp³-hybridized carbons (Fsp3) is 0.333. The Bertz CT molecular complexity index is 613. The molecule has 2 aromatic heterocycles. The smallest absolute Gasteiger partial charge is 0.268 e. The lowest BCUT2D eigenvalue weighted by molar-refractivity contribution is 0.0941. The standard InChI is InChI=1S/C12H14BrN5O/c13-8-3-10(18(6-8)9-1-2-9)12(19)15-4-7-5-16-17-11(7)14/h3,5-6,9H,1-2,4H2,(H,15,19)(H3,14,16,17). The van der Waals surface area contributed by atoms with Gasteiger partial charge in [-0.15, -0.1) is 0 Å². The van der Waals surface area contributed by atoms with Crippen LogP contribution in [0.2, 0.25) is 0 Å². The van der Waals surface area contributed by atoms with Crippen molar-refractivity contribution in [2.24, 2.45) is 0 Å². The van der Waals surface area contributed by atoms with E-state index in [2.05, 4.69) is 31.4 Å². The summed E-state index contributed by atoms with van der Waals surface area (Å²) in [6.07, 6.45) is 5.84. The number of nitrogens with two attached hydrogens (primary N) is 1. The molecule has 19 heavy (non-hydrogen) atoms. The molecule has 4 N–H and O–H groups in total. The molecule has 0 aromatic carbocycles. The monoisotopic (exact) mass is 323 g/mol. The molecule has 1 amide bonds. The minimum atomic E-state index is -0.0989. The summed E-state index contributed by atoms with van der Waals surface area (Å²) in [7, 11) is 0. The van der Waals surface area contributed by atoms with E-state index < -0.39 is 0 Å². The molecule has 1 fully saturated rings. The Morgan fingerprint density at radius 2 is 2.42 bits per heavy atom. The first-order valence-corrected chi connectivity index (χ1v) is 6.87. The molecule has 0 bridgehead atoms. The fourth-order valence-electron chi connectivity index (χ4n) is 2.01. The Morgan fingerprint density at radius 3 is 3.05 bits per heavy atom. The van der Waals surface area contributed by atoms with Crippen molar-refractivity contribution in [2.45, 2.75) is 25.4 Å². The second-order valence-electron chi connectivity index (χ2n) is 4.67. The third-order valence-corrected chi connectivity index (χ3v) is 3.61. The molecule has 3 rings (SSSR count). The van der Waals surface area contributed by atoms with Crippen molar-refractivity contribution in [3.05, 3.63) is 34.2 Å². The number of amides is 1. The summed E-state index contributed by atoms with van der Waals surface area (Å²) in [4.78, 5) is 12.2. The molecule has 1 saturated carbocycles. The molecule has 1 aliphatic rings. The van der Waals surface area contributed by atoms with Gasteiger partial charge in [-0.25, -0.2) is 0 Å². The number of nitrogens with zero attached hydrogens (tertiary/aromatic N) is 2. The third kappa shape index (κ3) is 2.51. The third-order valence-electron chi connectivity index (χ3n) is 3.18. The van der Waals surface area contributed by atoms with Crippen LogP contribution in [0.25, 0.3) is 0 Å². The van der Waals surface area contributed by atoms with Crippen LogP contribution in [0.4, 0.5) is 5.82 Å². The number of anilines is 1. The molecule has 0 unspecified atom stereocenters. The van der Waals surface area contributed by atoms with Gasteiger partial charge in [0.05, 0.1) is 6.20 Å². The first-order chi connectivity index (χ1) is 9.15. The average molecular weight is 324 g/mol. The molecular weight excluding hydrogens is 310 g/mol. The minimum Gasteiger partial charge on any atom is -0.384 e. The number of nitrogens with one attached hydrogen (secondary N) is 2. The summed E-state index contributed by atoms with van der Waals surface area (Å²) in [5.74, 6) is 0.386. The second kappa shape index (κ2) is 4.73. The maximum Gasteiger partial charge on any atom is 0.268 e.